The van der Waals surface area contributed by atoms with E-state index in [1.165, 1.54) is 4.88 Å². The van der Waals surface area contributed by atoms with Gasteiger partial charge in [0.25, 0.3) is 0 Å². The third-order valence-electron chi connectivity index (χ3n) is 3.22. The highest BCUT2D eigenvalue weighted by Gasteiger charge is 2.14. The van der Waals surface area contributed by atoms with Gasteiger partial charge in [0.2, 0.25) is 0 Å². The second-order valence-corrected chi connectivity index (χ2v) is 6.17. The summed E-state index contributed by atoms with van der Waals surface area (Å²) in [5, 5.41) is 8.78. The highest BCUT2D eigenvalue weighted by atomic mass is 127. The molecular weight excluding hydrogens is 423 g/mol. The van der Waals surface area contributed by atoms with Gasteiger partial charge < -0.3 is 20.3 Å². The van der Waals surface area contributed by atoms with Crippen molar-refractivity contribution in [2.75, 3.05) is 46.9 Å². The summed E-state index contributed by atoms with van der Waals surface area (Å²) in [6.07, 6.45) is 0.986. The minimum atomic E-state index is 0. The molecule has 0 saturated heterocycles. The van der Waals surface area contributed by atoms with Crippen molar-refractivity contribution in [1.82, 2.24) is 15.5 Å². The summed E-state index contributed by atoms with van der Waals surface area (Å²) in [5.74, 6) is 0.877. The van der Waals surface area contributed by atoms with Crippen LogP contribution in [-0.2, 0) is 4.74 Å². The van der Waals surface area contributed by atoms with Crippen LogP contribution in [0.25, 0.3) is 0 Å². The minimum absolute atomic E-state index is 0. The van der Waals surface area contributed by atoms with Crippen molar-refractivity contribution >= 4 is 41.3 Å². The number of halogens is 1. The summed E-state index contributed by atoms with van der Waals surface area (Å²) in [4.78, 5) is 8.29. The van der Waals surface area contributed by atoms with E-state index in [-0.39, 0.29) is 24.0 Å². The normalized spacial score (nSPS) is 12.8. The average molecular weight is 454 g/mol. The molecule has 0 amide bonds. The molecule has 1 heterocycles. The van der Waals surface area contributed by atoms with E-state index in [0.29, 0.717) is 6.04 Å². The van der Waals surface area contributed by atoms with E-state index in [4.69, 9.17) is 9.73 Å². The molecular formula is C16H31IN4OS. The molecule has 1 unspecified atom stereocenters. The molecule has 0 radical (unpaired) electrons. The van der Waals surface area contributed by atoms with Crippen LogP contribution < -0.4 is 10.6 Å². The van der Waals surface area contributed by atoms with Crippen LogP contribution in [0.3, 0.4) is 0 Å². The maximum atomic E-state index is 5.35. The molecule has 0 aromatic carbocycles. The van der Waals surface area contributed by atoms with Crippen LogP contribution >= 0.6 is 35.3 Å². The molecule has 1 atom stereocenters. The highest BCUT2D eigenvalue weighted by Crippen LogP contribution is 2.23. The molecule has 23 heavy (non-hydrogen) atoms. The number of ether oxygens (including phenoxy) is 1. The van der Waals surface area contributed by atoms with E-state index in [9.17, 15) is 0 Å². The summed E-state index contributed by atoms with van der Waals surface area (Å²) in [7, 11) is 4.20. The van der Waals surface area contributed by atoms with Gasteiger partial charge >= 0.3 is 0 Å². The number of nitrogens with zero attached hydrogens (tertiary/aromatic N) is 2. The molecule has 0 aliphatic heterocycles. The molecule has 1 rings (SSSR count). The number of hydrogen-bond donors (Lipinski definition) is 2. The largest absolute Gasteiger partial charge is 0.382 e. The molecule has 0 bridgehead atoms. The summed E-state index contributed by atoms with van der Waals surface area (Å²) in [6, 6.07) is 4.59. The molecule has 0 saturated carbocycles. The Labute approximate surface area is 161 Å². The fourth-order valence-electron chi connectivity index (χ4n) is 2.03. The van der Waals surface area contributed by atoms with Gasteiger partial charge in [0.15, 0.2) is 5.96 Å². The second-order valence-electron chi connectivity index (χ2n) is 5.19. The molecule has 0 spiro atoms. The smallest absolute Gasteiger partial charge is 0.191 e. The number of rotatable bonds is 10. The molecule has 134 valence electrons. The Bertz CT molecular complexity index is 412. The monoisotopic (exact) mass is 454 g/mol. The maximum absolute atomic E-state index is 5.35. The first-order chi connectivity index (χ1) is 10.7. The summed E-state index contributed by atoms with van der Waals surface area (Å²) in [5.41, 5.74) is 0. The van der Waals surface area contributed by atoms with Crippen molar-refractivity contribution in [2.24, 2.45) is 4.99 Å². The number of nitrogens with one attached hydrogen (secondary N) is 2. The van der Waals surface area contributed by atoms with Gasteiger partial charge in [0.05, 0.1) is 12.6 Å². The molecule has 0 aliphatic rings. The zero-order valence-corrected chi connectivity index (χ0v) is 17.8. The van der Waals surface area contributed by atoms with Gasteiger partial charge in [-0.2, -0.15) is 0 Å². The van der Waals surface area contributed by atoms with E-state index in [2.05, 4.69) is 54.1 Å². The Morgan fingerprint density at radius 3 is 2.70 bits per heavy atom. The van der Waals surface area contributed by atoms with E-state index in [1.807, 2.05) is 6.92 Å². The molecule has 0 fully saturated rings. The van der Waals surface area contributed by atoms with Crippen LogP contribution in [0.2, 0.25) is 0 Å². The SMILES string of the molecule is CCNC(=NCC(c1cccs1)N(C)C)NCCCOCC.I. The van der Waals surface area contributed by atoms with Gasteiger partial charge in [-0.3, -0.25) is 4.99 Å². The fraction of sp³-hybridized carbons (Fsp3) is 0.688. The fourth-order valence-corrected chi connectivity index (χ4v) is 2.95. The zero-order chi connectivity index (χ0) is 16.2. The van der Waals surface area contributed by atoms with Gasteiger partial charge in [-0.15, -0.1) is 35.3 Å². The van der Waals surface area contributed by atoms with Crippen molar-refractivity contribution in [3.8, 4) is 0 Å². The Balaban J connectivity index is 0.00000484. The molecule has 2 N–H and O–H groups in total. The summed E-state index contributed by atoms with van der Waals surface area (Å²) < 4.78 is 5.35. The predicted octanol–water partition coefficient (Wildman–Crippen LogP) is 2.95. The van der Waals surface area contributed by atoms with Gasteiger partial charge in [-0.05, 0) is 45.8 Å². The maximum Gasteiger partial charge on any atom is 0.191 e. The van der Waals surface area contributed by atoms with Crippen molar-refractivity contribution < 1.29 is 4.74 Å². The molecule has 1 aromatic rings. The van der Waals surface area contributed by atoms with Crippen LogP contribution in [0, 0.1) is 0 Å². The first-order valence-electron chi connectivity index (χ1n) is 7.98. The van der Waals surface area contributed by atoms with Crippen LogP contribution in [0.5, 0.6) is 0 Å². The molecule has 0 aliphatic carbocycles. The van der Waals surface area contributed by atoms with E-state index >= 15 is 0 Å². The Hall–Kier alpha value is -0.380. The Morgan fingerprint density at radius 2 is 2.13 bits per heavy atom. The molecule has 1 aromatic heterocycles. The second kappa shape index (κ2) is 14.0. The number of thiophene rings is 1. The lowest BCUT2D eigenvalue weighted by atomic mass is 10.2. The summed E-state index contributed by atoms with van der Waals surface area (Å²) in [6.45, 7) is 8.15. The lowest BCUT2D eigenvalue weighted by Gasteiger charge is -2.22. The first kappa shape index (κ1) is 22.6. The van der Waals surface area contributed by atoms with E-state index < -0.39 is 0 Å². The van der Waals surface area contributed by atoms with Gasteiger partial charge in [-0.25, -0.2) is 0 Å². The van der Waals surface area contributed by atoms with Crippen molar-refractivity contribution in [3.63, 3.8) is 0 Å². The first-order valence-corrected chi connectivity index (χ1v) is 8.86. The van der Waals surface area contributed by atoms with E-state index in [1.54, 1.807) is 11.3 Å². The van der Waals surface area contributed by atoms with Crippen LogP contribution in [0.4, 0.5) is 0 Å². The van der Waals surface area contributed by atoms with Gasteiger partial charge in [0.1, 0.15) is 0 Å². The lowest BCUT2D eigenvalue weighted by Crippen LogP contribution is -2.38. The Kier molecular flexibility index (Phi) is 13.8. The summed E-state index contributed by atoms with van der Waals surface area (Å²) >= 11 is 1.78. The minimum Gasteiger partial charge on any atom is -0.382 e. The predicted molar refractivity (Wildman–Crippen MR) is 111 cm³/mol. The third-order valence-corrected chi connectivity index (χ3v) is 4.20. The number of aliphatic imine (C=N–C) groups is 1. The van der Waals surface area contributed by atoms with Crippen LogP contribution in [-0.4, -0.2) is 57.8 Å². The van der Waals surface area contributed by atoms with E-state index in [0.717, 1.165) is 45.2 Å². The van der Waals surface area contributed by atoms with Gasteiger partial charge in [-0.1, -0.05) is 6.07 Å². The Morgan fingerprint density at radius 1 is 1.35 bits per heavy atom. The topological polar surface area (TPSA) is 48.9 Å². The zero-order valence-electron chi connectivity index (χ0n) is 14.7. The number of guanidine groups is 1. The number of hydrogen-bond acceptors (Lipinski definition) is 4. The average Bonchev–Trinajstić information content (AvgIpc) is 3.00. The molecule has 5 nitrogen and oxygen atoms in total. The van der Waals surface area contributed by atoms with Crippen molar-refractivity contribution in [3.05, 3.63) is 22.4 Å². The van der Waals surface area contributed by atoms with Crippen molar-refractivity contribution in [2.45, 2.75) is 26.3 Å². The third kappa shape index (κ3) is 9.49. The molecule has 7 heteroatoms. The quantitative estimate of drug-likeness (QED) is 0.247. The number of likely N-dealkylation sites (N-methyl/N-ethyl adjacent to an activating group) is 1. The highest BCUT2D eigenvalue weighted by molar-refractivity contribution is 14.0. The lowest BCUT2D eigenvalue weighted by molar-refractivity contribution is 0.145. The standard InChI is InChI=1S/C16H30N4OS.HI/c1-5-17-16(18-10-8-11-21-6-2)19-13-14(20(3)4)15-9-7-12-22-15;/h7,9,12,14H,5-6,8,10-11,13H2,1-4H3,(H2,17,18,19);1H. The van der Waals surface area contributed by atoms with Crippen molar-refractivity contribution in [1.29, 1.82) is 0 Å². The van der Waals surface area contributed by atoms with Crippen LogP contribution in [0.15, 0.2) is 22.5 Å². The van der Waals surface area contributed by atoms with Gasteiger partial charge in [0, 0.05) is 31.2 Å². The van der Waals surface area contributed by atoms with Crippen LogP contribution in [0.1, 0.15) is 31.2 Å².